The maximum absolute atomic E-state index is 5.93. The lowest BCUT2D eigenvalue weighted by Crippen LogP contribution is -2.07. The molecule has 1 aromatic carbocycles. The number of halogens is 1. The molecule has 0 bridgehead atoms. The fraction of sp³-hybridized carbons (Fsp3) is 0.333. The Morgan fingerprint density at radius 1 is 1.50 bits per heavy atom. The summed E-state index contributed by atoms with van der Waals surface area (Å²) in [4.78, 5) is 0. The van der Waals surface area contributed by atoms with E-state index in [1.165, 1.54) is 0 Å². The average molecular weight is 202 g/mol. The Kier molecular flexibility index (Phi) is 3.29. The predicted octanol–water partition coefficient (Wildman–Crippen LogP) is 3.34. The van der Waals surface area contributed by atoms with Crippen molar-refractivity contribution in [1.82, 2.24) is 0 Å². The first-order valence-corrected chi connectivity index (χ1v) is 4.70. The summed E-state index contributed by atoms with van der Waals surface area (Å²) in [7, 11) is 0. The van der Waals surface area contributed by atoms with Crippen LogP contribution in [0, 0.1) is 6.92 Å². The van der Waals surface area contributed by atoms with Crippen LogP contribution in [0.2, 0.25) is 5.02 Å². The van der Waals surface area contributed by atoms with Gasteiger partial charge in [-0.15, -0.1) is 0 Å². The molecule has 0 saturated heterocycles. The first-order chi connectivity index (χ1) is 5.61. The molecule has 1 nitrogen and oxygen atoms in total. The lowest BCUT2D eigenvalue weighted by atomic mass is 10.2. The summed E-state index contributed by atoms with van der Waals surface area (Å²) < 4.78 is 0. The first kappa shape index (κ1) is 9.75. The highest BCUT2D eigenvalue weighted by Crippen LogP contribution is 2.23. The van der Waals surface area contributed by atoms with E-state index in [4.69, 9.17) is 11.6 Å². The fourth-order valence-corrected chi connectivity index (χ4v) is 1.30. The van der Waals surface area contributed by atoms with Crippen molar-refractivity contribution in [3.8, 4) is 0 Å². The van der Waals surface area contributed by atoms with Crippen molar-refractivity contribution in [2.75, 3.05) is 5.32 Å². The van der Waals surface area contributed by atoms with Crippen LogP contribution < -0.4 is 5.32 Å². The van der Waals surface area contributed by atoms with E-state index >= 15 is 0 Å². The summed E-state index contributed by atoms with van der Waals surface area (Å²) >= 11 is 10.2. The Hall–Kier alpha value is -0.340. The molecule has 1 aromatic rings. The lowest BCUT2D eigenvalue weighted by molar-refractivity contribution is 1.13. The van der Waals surface area contributed by atoms with E-state index in [-0.39, 0.29) is 5.37 Å². The second-order valence-electron chi connectivity index (χ2n) is 2.73. The van der Waals surface area contributed by atoms with Crippen molar-refractivity contribution < 1.29 is 0 Å². The van der Waals surface area contributed by atoms with Gasteiger partial charge in [0.05, 0.1) is 5.37 Å². The average Bonchev–Trinajstić information content (AvgIpc) is 1.98. The third-order valence-corrected chi connectivity index (χ3v) is 2.17. The van der Waals surface area contributed by atoms with Gasteiger partial charge in [0.25, 0.3) is 0 Å². The van der Waals surface area contributed by atoms with E-state index < -0.39 is 0 Å². The van der Waals surface area contributed by atoms with E-state index in [1.807, 2.05) is 32.0 Å². The third-order valence-electron chi connectivity index (χ3n) is 1.63. The number of benzene rings is 1. The highest BCUT2D eigenvalue weighted by molar-refractivity contribution is 7.81. The van der Waals surface area contributed by atoms with Crippen LogP contribution in [0.1, 0.15) is 12.5 Å². The van der Waals surface area contributed by atoms with Crippen molar-refractivity contribution in [3.05, 3.63) is 28.8 Å². The molecular formula is C9H12ClNS. The van der Waals surface area contributed by atoms with Crippen LogP contribution in [0.3, 0.4) is 0 Å². The Balaban J connectivity index is 2.92. The maximum Gasteiger partial charge on any atom is 0.0665 e. The van der Waals surface area contributed by atoms with Gasteiger partial charge in [0.1, 0.15) is 0 Å². The summed E-state index contributed by atoms with van der Waals surface area (Å²) in [6, 6.07) is 5.80. The Bertz CT molecular complexity index is 273. The number of anilines is 1. The Morgan fingerprint density at radius 2 is 2.17 bits per heavy atom. The molecule has 1 unspecified atom stereocenters. The molecular weight excluding hydrogens is 190 g/mol. The minimum absolute atomic E-state index is 0.141. The third kappa shape index (κ3) is 2.32. The van der Waals surface area contributed by atoms with E-state index in [1.54, 1.807) is 0 Å². The van der Waals surface area contributed by atoms with Crippen LogP contribution in [0.4, 0.5) is 5.69 Å². The van der Waals surface area contributed by atoms with Gasteiger partial charge in [0, 0.05) is 10.7 Å². The summed E-state index contributed by atoms with van der Waals surface area (Å²) in [5, 5.41) is 4.12. The molecule has 3 heteroatoms. The van der Waals surface area contributed by atoms with Crippen molar-refractivity contribution in [2.24, 2.45) is 0 Å². The molecule has 0 aliphatic carbocycles. The number of hydrogen-bond acceptors (Lipinski definition) is 2. The van der Waals surface area contributed by atoms with Crippen molar-refractivity contribution in [1.29, 1.82) is 0 Å². The van der Waals surface area contributed by atoms with E-state index in [0.717, 1.165) is 16.3 Å². The molecule has 1 N–H and O–H groups in total. The number of rotatable bonds is 2. The molecule has 1 rings (SSSR count). The molecule has 0 amide bonds. The molecule has 66 valence electrons. The van der Waals surface area contributed by atoms with Crippen molar-refractivity contribution in [2.45, 2.75) is 19.2 Å². The second-order valence-corrected chi connectivity index (χ2v) is 3.91. The summed E-state index contributed by atoms with van der Waals surface area (Å²) in [6.07, 6.45) is 0. The van der Waals surface area contributed by atoms with Gasteiger partial charge in [-0.2, -0.15) is 12.6 Å². The van der Waals surface area contributed by atoms with Crippen molar-refractivity contribution >= 4 is 29.9 Å². The molecule has 0 aromatic heterocycles. The van der Waals surface area contributed by atoms with E-state index in [9.17, 15) is 0 Å². The van der Waals surface area contributed by atoms with Gasteiger partial charge in [-0.05, 0) is 31.5 Å². The molecule has 0 heterocycles. The van der Waals surface area contributed by atoms with Gasteiger partial charge < -0.3 is 5.32 Å². The van der Waals surface area contributed by atoms with Gasteiger partial charge in [0.15, 0.2) is 0 Å². The molecule has 0 saturated carbocycles. The maximum atomic E-state index is 5.93. The molecule has 0 fully saturated rings. The van der Waals surface area contributed by atoms with Crippen LogP contribution in [0.15, 0.2) is 18.2 Å². The van der Waals surface area contributed by atoms with Crippen molar-refractivity contribution in [3.63, 3.8) is 0 Å². The van der Waals surface area contributed by atoms with E-state index in [0.29, 0.717) is 0 Å². The second kappa shape index (κ2) is 4.06. The molecule has 12 heavy (non-hydrogen) atoms. The van der Waals surface area contributed by atoms with Gasteiger partial charge in [0.2, 0.25) is 0 Å². The van der Waals surface area contributed by atoms with Crippen LogP contribution in [-0.2, 0) is 0 Å². The number of hydrogen-bond donors (Lipinski definition) is 2. The van der Waals surface area contributed by atoms with Gasteiger partial charge in [-0.25, -0.2) is 0 Å². The lowest BCUT2D eigenvalue weighted by Gasteiger charge is -2.12. The molecule has 0 aliphatic rings. The molecule has 1 atom stereocenters. The fourth-order valence-electron chi connectivity index (χ4n) is 0.989. The zero-order valence-corrected chi connectivity index (χ0v) is 8.78. The first-order valence-electron chi connectivity index (χ1n) is 3.81. The normalized spacial score (nSPS) is 12.7. The van der Waals surface area contributed by atoms with Crippen LogP contribution in [-0.4, -0.2) is 5.37 Å². The quantitative estimate of drug-likeness (QED) is 0.553. The largest absolute Gasteiger partial charge is 0.374 e. The van der Waals surface area contributed by atoms with E-state index in [2.05, 4.69) is 17.9 Å². The highest BCUT2D eigenvalue weighted by atomic mass is 35.5. The predicted molar refractivity (Wildman–Crippen MR) is 58.3 cm³/mol. The smallest absolute Gasteiger partial charge is 0.0665 e. The van der Waals surface area contributed by atoms with Gasteiger partial charge in [-0.1, -0.05) is 17.7 Å². The van der Waals surface area contributed by atoms with Gasteiger partial charge >= 0.3 is 0 Å². The zero-order chi connectivity index (χ0) is 9.14. The van der Waals surface area contributed by atoms with Crippen LogP contribution in [0.25, 0.3) is 0 Å². The topological polar surface area (TPSA) is 12.0 Å². The minimum Gasteiger partial charge on any atom is -0.374 e. The molecule has 0 spiro atoms. The Labute approximate surface area is 83.5 Å². The summed E-state index contributed by atoms with van der Waals surface area (Å²) in [6.45, 7) is 3.96. The molecule has 0 radical (unpaired) electrons. The number of thiol groups is 1. The standard InChI is InChI=1S/C9H12ClNS/c1-6-8(10)4-3-5-9(6)11-7(2)12/h3-5,7,11-12H,1-2H3. The monoisotopic (exact) mass is 201 g/mol. The number of nitrogens with one attached hydrogen (secondary N) is 1. The summed E-state index contributed by atoms with van der Waals surface area (Å²) in [5.74, 6) is 0. The highest BCUT2D eigenvalue weighted by Gasteiger charge is 2.02. The zero-order valence-electron chi connectivity index (χ0n) is 7.13. The van der Waals surface area contributed by atoms with Crippen LogP contribution >= 0.6 is 24.2 Å². The van der Waals surface area contributed by atoms with Gasteiger partial charge in [-0.3, -0.25) is 0 Å². The molecule has 0 aliphatic heterocycles. The SMILES string of the molecule is Cc1c(Cl)cccc1NC(C)S. The Morgan fingerprint density at radius 3 is 2.75 bits per heavy atom. The minimum atomic E-state index is 0.141. The van der Waals surface area contributed by atoms with Crippen LogP contribution in [0.5, 0.6) is 0 Å². The summed E-state index contributed by atoms with van der Waals surface area (Å²) in [5.41, 5.74) is 2.12.